The largest absolute Gasteiger partial charge is 0.436 e. The van der Waals surface area contributed by atoms with Crippen molar-refractivity contribution < 1.29 is 13.2 Å². The third-order valence-corrected chi connectivity index (χ3v) is 3.60. The molecule has 2 aromatic rings. The summed E-state index contributed by atoms with van der Waals surface area (Å²) in [5.74, 6) is 0.0450. The van der Waals surface area contributed by atoms with Crippen molar-refractivity contribution in [2.24, 2.45) is 0 Å². The van der Waals surface area contributed by atoms with Crippen LogP contribution in [0.3, 0.4) is 0 Å². The number of nitrogen functional groups attached to an aromatic ring is 1. The Bertz CT molecular complexity index is 642. The van der Waals surface area contributed by atoms with E-state index >= 15 is 0 Å². The second-order valence-electron chi connectivity index (χ2n) is 4.82. The van der Waals surface area contributed by atoms with Gasteiger partial charge in [-0.05, 0) is 37.1 Å². The lowest BCUT2D eigenvalue weighted by Crippen LogP contribution is -2.08. The first-order valence-electron chi connectivity index (χ1n) is 6.09. The Morgan fingerprint density at radius 1 is 1.20 bits per heavy atom. The van der Waals surface area contributed by atoms with Crippen LogP contribution in [-0.2, 0) is 6.18 Å². The summed E-state index contributed by atoms with van der Waals surface area (Å²) < 4.78 is 40.1. The number of nitrogens with zero attached hydrogens (tertiary/aromatic N) is 2. The molecule has 1 aliphatic carbocycles. The molecule has 0 spiro atoms. The summed E-state index contributed by atoms with van der Waals surface area (Å²) in [6.45, 7) is 0. The first-order valence-corrected chi connectivity index (χ1v) is 6.47. The maximum atomic E-state index is 12.9. The minimum absolute atomic E-state index is 0.0450. The Morgan fingerprint density at radius 3 is 2.30 bits per heavy atom. The van der Waals surface area contributed by atoms with E-state index in [4.69, 9.17) is 17.3 Å². The van der Waals surface area contributed by atoms with E-state index in [0.717, 1.165) is 12.8 Å². The number of rotatable bonds is 2. The highest BCUT2D eigenvalue weighted by atomic mass is 35.5. The minimum Gasteiger partial charge on any atom is -0.399 e. The van der Waals surface area contributed by atoms with Crippen LogP contribution in [0.2, 0.25) is 5.02 Å². The lowest BCUT2D eigenvalue weighted by Gasteiger charge is -2.07. The van der Waals surface area contributed by atoms with Gasteiger partial charge in [0.1, 0.15) is 0 Å². The molecule has 1 aromatic carbocycles. The van der Waals surface area contributed by atoms with Gasteiger partial charge in [0.2, 0.25) is 0 Å². The van der Waals surface area contributed by atoms with Gasteiger partial charge in [0.15, 0.2) is 5.69 Å². The lowest BCUT2D eigenvalue weighted by molar-refractivity contribution is -0.141. The number of hydrogen-bond donors (Lipinski definition) is 1. The van der Waals surface area contributed by atoms with Gasteiger partial charge < -0.3 is 5.73 Å². The fourth-order valence-corrected chi connectivity index (χ4v) is 2.49. The van der Waals surface area contributed by atoms with Crippen LogP contribution in [0.15, 0.2) is 24.3 Å². The molecule has 0 atom stereocenters. The molecule has 3 nitrogen and oxygen atoms in total. The molecule has 7 heteroatoms. The molecule has 3 rings (SSSR count). The normalized spacial score (nSPS) is 15.6. The average Bonchev–Trinajstić information content (AvgIpc) is 3.13. The Hall–Kier alpha value is -1.69. The van der Waals surface area contributed by atoms with Crippen LogP contribution in [0, 0.1) is 0 Å². The summed E-state index contributed by atoms with van der Waals surface area (Å²) in [6.07, 6.45) is -2.89. The smallest absolute Gasteiger partial charge is 0.399 e. The molecule has 0 radical (unpaired) electrons. The van der Waals surface area contributed by atoms with E-state index in [1.807, 2.05) is 0 Å². The predicted molar refractivity (Wildman–Crippen MR) is 70.0 cm³/mol. The summed E-state index contributed by atoms with van der Waals surface area (Å²) in [6, 6.07) is 6.50. The van der Waals surface area contributed by atoms with Crippen LogP contribution in [0.25, 0.3) is 5.69 Å². The van der Waals surface area contributed by atoms with Crippen LogP contribution >= 0.6 is 11.6 Å². The number of aromatic nitrogens is 2. The SMILES string of the molecule is Nc1ccc(-n2nc(C(F)(F)F)c(Cl)c2C2CC2)cc1. The Morgan fingerprint density at radius 2 is 1.80 bits per heavy atom. The second-order valence-corrected chi connectivity index (χ2v) is 5.20. The van der Waals surface area contributed by atoms with Crippen molar-refractivity contribution in [3.05, 3.63) is 40.7 Å². The molecular formula is C13H11ClF3N3. The first kappa shape index (κ1) is 13.3. The molecule has 1 heterocycles. The van der Waals surface area contributed by atoms with Gasteiger partial charge in [-0.25, -0.2) is 4.68 Å². The fourth-order valence-electron chi connectivity index (χ4n) is 2.11. The summed E-state index contributed by atoms with van der Waals surface area (Å²) in [7, 11) is 0. The second kappa shape index (κ2) is 4.41. The Labute approximate surface area is 118 Å². The van der Waals surface area contributed by atoms with Crippen molar-refractivity contribution in [2.75, 3.05) is 5.73 Å². The molecule has 20 heavy (non-hydrogen) atoms. The van der Waals surface area contributed by atoms with Gasteiger partial charge in [-0.2, -0.15) is 18.3 Å². The van der Waals surface area contributed by atoms with E-state index in [9.17, 15) is 13.2 Å². The van der Waals surface area contributed by atoms with Gasteiger partial charge in [0.05, 0.1) is 16.4 Å². The zero-order chi connectivity index (χ0) is 14.5. The monoisotopic (exact) mass is 301 g/mol. The van der Waals surface area contributed by atoms with Crippen molar-refractivity contribution in [3.63, 3.8) is 0 Å². The molecular weight excluding hydrogens is 291 g/mol. The minimum atomic E-state index is -4.56. The number of halogens is 4. The molecule has 106 valence electrons. The molecule has 0 bridgehead atoms. The van der Waals surface area contributed by atoms with E-state index in [1.165, 1.54) is 4.68 Å². The third-order valence-electron chi connectivity index (χ3n) is 3.23. The molecule has 1 fully saturated rings. The van der Waals surface area contributed by atoms with E-state index < -0.39 is 11.9 Å². The maximum Gasteiger partial charge on any atom is 0.436 e. The van der Waals surface area contributed by atoms with E-state index in [1.54, 1.807) is 24.3 Å². The van der Waals surface area contributed by atoms with Crippen LogP contribution in [0.4, 0.5) is 18.9 Å². The molecule has 1 saturated carbocycles. The van der Waals surface area contributed by atoms with Crippen molar-refractivity contribution in [1.82, 2.24) is 9.78 Å². The molecule has 0 saturated heterocycles. The van der Waals surface area contributed by atoms with Gasteiger partial charge in [0.25, 0.3) is 0 Å². The Kier molecular flexibility index (Phi) is 2.93. The quantitative estimate of drug-likeness (QED) is 0.852. The molecule has 2 N–H and O–H groups in total. The van der Waals surface area contributed by atoms with Crippen molar-refractivity contribution in [3.8, 4) is 5.69 Å². The average molecular weight is 302 g/mol. The van der Waals surface area contributed by atoms with Gasteiger partial charge in [-0.15, -0.1) is 0 Å². The van der Waals surface area contributed by atoms with E-state index in [0.29, 0.717) is 17.1 Å². The Balaban J connectivity index is 2.17. The zero-order valence-corrected chi connectivity index (χ0v) is 11.0. The zero-order valence-electron chi connectivity index (χ0n) is 10.3. The highest BCUT2D eigenvalue weighted by Gasteiger charge is 2.42. The van der Waals surface area contributed by atoms with Crippen LogP contribution < -0.4 is 5.73 Å². The van der Waals surface area contributed by atoms with Gasteiger partial charge in [-0.1, -0.05) is 11.6 Å². The van der Waals surface area contributed by atoms with E-state index in [-0.39, 0.29) is 10.9 Å². The van der Waals surface area contributed by atoms with E-state index in [2.05, 4.69) is 5.10 Å². The molecule has 0 unspecified atom stereocenters. The van der Waals surface area contributed by atoms with Crippen LogP contribution in [0.1, 0.15) is 30.1 Å². The number of benzene rings is 1. The summed E-state index contributed by atoms with van der Waals surface area (Å²) >= 11 is 5.90. The van der Waals surface area contributed by atoms with Crippen molar-refractivity contribution in [2.45, 2.75) is 24.9 Å². The van der Waals surface area contributed by atoms with Gasteiger partial charge in [-0.3, -0.25) is 0 Å². The van der Waals surface area contributed by atoms with Gasteiger partial charge >= 0.3 is 6.18 Å². The van der Waals surface area contributed by atoms with Crippen LogP contribution in [0.5, 0.6) is 0 Å². The standard InChI is InChI=1S/C13H11ClF3N3/c14-10-11(7-1-2-7)20(19-12(10)13(15,16)17)9-5-3-8(18)4-6-9/h3-7H,1-2,18H2. The first-order chi connectivity index (χ1) is 9.38. The summed E-state index contributed by atoms with van der Waals surface area (Å²) in [5.41, 5.74) is 6.05. The summed E-state index contributed by atoms with van der Waals surface area (Å²) in [5, 5.41) is 3.37. The predicted octanol–water partition coefficient (Wildman–Crippen LogP) is 4.00. The van der Waals surface area contributed by atoms with Gasteiger partial charge in [0, 0.05) is 11.6 Å². The van der Waals surface area contributed by atoms with Crippen LogP contribution in [-0.4, -0.2) is 9.78 Å². The summed E-state index contributed by atoms with van der Waals surface area (Å²) in [4.78, 5) is 0. The third kappa shape index (κ3) is 2.24. The lowest BCUT2D eigenvalue weighted by atomic mass is 10.2. The highest BCUT2D eigenvalue weighted by molar-refractivity contribution is 6.32. The fraction of sp³-hybridized carbons (Fsp3) is 0.308. The van der Waals surface area contributed by atoms with Crippen molar-refractivity contribution in [1.29, 1.82) is 0 Å². The maximum absolute atomic E-state index is 12.9. The van der Waals surface area contributed by atoms with Crippen molar-refractivity contribution >= 4 is 17.3 Å². The number of alkyl halides is 3. The number of hydrogen-bond acceptors (Lipinski definition) is 2. The number of nitrogens with two attached hydrogens (primary N) is 1. The molecule has 0 amide bonds. The highest BCUT2D eigenvalue weighted by Crippen LogP contribution is 2.47. The molecule has 1 aromatic heterocycles. The molecule has 1 aliphatic rings. The number of anilines is 1. The topological polar surface area (TPSA) is 43.8 Å². The molecule has 0 aliphatic heterocycles.